The maximum absolute atomic E-state index is 12.0. The molecule has 0 bridgehead atoms. The van der Waals surface area contributed by atoms with Crippen molar-refractivity contribution in [2.75, 3.05) is 14.2 Å². The summed E-state index contributed by atoms with van der Waals surface area (Å²) in [6, 6.07) is 9.87. The van der Waals surface area contributed by atoms with Gasteiger partial charge < -0.3 is 14.5 Å². The number of halogens is 1. The van der Waals surface area contributed by atoms with E-state index in [9.17, 15) is 9.59 Å². The fraction of sp³-hybridized carbons (Fsp3) is 0.118. The van der Waals surface area contributed by atoms with Crippen LogP contribution in [0.2, 0.25) is 5.02 Å². The normalized spacial score (nSPS) is 10.8. The first-order chi connectivity index (χ1) is 11.5. The van der Waals surface area contributed by atoms with Gasteiger partial charge in [0.2, 0.25) is 0 Å². The van der Waals surface area contributed by atoms with Gasteiger partial charge in [-0.25, -0.2) is 4.79 Å². The Hall–Kier alpha value is -3.04. The molecular formula is C17H13ClN2O4. The Morgan fingerprint density at radius 2 is 2.12 bits per heavy atom. The summed E-state index contributed by atoms with van der Waals surface area (Å²) in [6.07, 6.45) is 1.21. The minimum absolute atomic E-state index is 0.0394. The van der Waals surface area contributed by atoms with Crippen molar-refractivity contribution in [1.82, 2.24) is 5.32 Å². The topological polar surface area (TPSA) is 92.3 Å². The lowest BCUT2D eigenvalue weighted by Gasteiger charge is -2.06. The predicted molar refractivity (Wildman–Crippen MR) is 87.6 cm³/mol. The van der Waals surface area contributed by atoms with Crippen molar-refractivity contribution in [3.8, 4) is 6.07 Å². The van der Waals surface area contributed by atoms with E-state index in [0.29, 0.717) is 16.2 Å². The molecule has 0 unspecified atom stereocenters. The van der Waals surface area contributed by atoms with E-state index in [-0.39, 0.29) is 17.1 Å². The van der Waals surface area contributed by atoms with Crippen LogP contribution in [0.4, 0.5) is 0 Å². The fourth-order valence-corrected chi connectivity index (χ4v) is 2.28. The number of nitrogens with one attached hydrogen (secondary N) is 1. The molecule has 2 rings (SSSR count). The number of carbonyl (C=O) groups excluding carboxylic acids is 2. The number of nitrogens with zero attached hydrogens (tertiary/aromatic N) is 1. The zero-order chi connectivity index (χ0) is 17.7. The molecule has 0 radical (unpaired) electrons. The summed E-state index contributed by atoms with van der Waals surface area (Å²) < 4.78 is 10.2. The summed E-state index contributed by atoms with van der Waals surface area (Å²) >= 11 is 5.99. The van der Waals surface area contributed by atoms with Gasteiger partial charge in [-0.05, 0) is 17.7 Å². The fourth-order valence-electron chi connectivity index (χ4n) is 2.09. The first-order valence-electron chi connectivity index (χ1n) is 6.82. The third kappa shape index (κ3) is 3.47. The third-order valence-electron chi connectivity index (χ3n) is 3.18. The third-order valence-corrected chi connectivity index (χ3v) is 3.41. The van der Waals surface area contributed by atoms with E-state index < -0.39 is 11.9 Å². The van der Waals surface area contributed by atoms with Crippen LogP contribution in [0.25, 0.3) is 5.57 Å². The van der Waals surface area contributed by atoms with Crippen molar-refractivity contribution in [2.45, 2.75) is 0 Å². The molecule has 0 aliphatic heterocycles. The van der Waals surface area contributed by atoms with E-state index >= 15 is 0 Å². The largest absolute Gasteiger partial charge is 0.465 e. The van der Waals surface area contributed by atoms with Crippen LogP contribution in [0, 0.1) is 11.3 Å². The first-order valence-corrected chi connectivity index (χ1v) is 7.20. The Balaban J connectivity index is 2.68. The smallest absolute Gasteiger partial charge is 0.341 e. The van der Waals surface area contributed by atoms with Gasteiger partial charge in [-0.2, -0.15) is 5.26 Å². The van der Waals surface area contributed by atoms with Gasteiger partial charge in [0.15, 0.2) is 11.5 Å². The van der Waals surface area contributed by atoms with Crippen LogP contribution >= 0.6 is 11.6 Å². The molecule has 0 saturated heterocycles. The summed E-state index contributed by atoms with van der Waals surface area (Å²) in [4.78, 5) is 23.8. The van der Waals surface area contributed by atoms with Gasteiger partial charge in [-0.15, -0.1) is 0 Å². The number of esters is 1. The molecule has 24 heavy (non-hydrogen) atoms. The molecule has 0 aliphatic rings. The number of methoxy groups -OCH3 is 1. The van der Waals surface area contributed by atoms with Crippen molar-refractivity contribution < 1.29 is 18.7 Å². The quantitative estimate of drug-likeness (QED) is 0.679. The summed E-state index contributed by atoms with van der Waals surface area (Å²) in [5.41, 5.74) is 0.917. The molecule has 0 saturated carbocycles. The number of allylic oxidation sites excluding steroid dienone is 1. The van der Waals surface area contributed by atoms with Crippen LogP contribution in [0.3, 0.4) is 0 Å². The van der Waals surface area contributed by atoms with E-state index in [2.05, 4.69) is 5.32 Å². The van der Waals surface area contributed by atoms with Gasteiger partial charge in [-0.1, -0.05) is 23.7 Å². The number of nitriles is 1. The Kier molecular flexibility index (Phi) is 5.40. The number of amides is 1. The van der Waals surface area contributed by atoms with E-state index in [1.165, 1.54) is 26.3 Å². The highest BCUT2D eigenvalue weighted by molar-refractivity contribution is 6.30. The second kappa shape index (κ2) is 7.49. The molecule has 122 valence electrons. The average molecular weight is 345 g/mol. The van der Waals surface area contributed by atoms with Gasteiger partial charge in [0, 0.05) is 29.8 Å². The van der Waals surface area contributed by atoms with Crippen LogP contribution in [0.15, 0.2) is 40.8 Å². The monoisotopic (exact) mass is 344 g/mol. The summed E-state index contributed by atoms with van der Waals surface area (Å²) in [5.74, 6) is -1.20. The summed E-state index contributed by atoms with van der Waals surface area (Å²) in [5, 5.41) is 11.9. The highest BCUT2D eigenvalue weighted by Gasteiger charge is 2.25. The molecule has 0 spiro atoms. The minimum Gasteiger partial charge on any atom is -0.465 e. The second-order valence-electron chi connectivity index (χ2n) is 4.62. The number of rotatable bonds is 4. The second-order valence-corrected chi connectivity index (χ2v) is 5.06. The molecular weight excluding hydrogens is 332 g/mol. The molecule has 6 nitrogen and oxygen atoms in total. The number of ether oxygens (including phenoxy) is 1. The lowest BCUT2D eigenvalue weighted by Crippen LogP contribution is -2.16. The standard InChI is InChI=1S/C17H13ClN2O4/c1-20-16(21)14-9-13(17(22)23-2)15(24-14)12(6-7-19)10-4-3-5-11(18)8-10/h3-6,8-9H,1-2H3,(H,20,21). The zero-order valence-electron chi connectivity index (χ0n) is 12.9. The van der Waals surface area contributed by atoms with Gasteiger partial charge >= 0.3 is 5.97 Å². The van der Waals surface area contributed by atoms with Gasteiger partial charge in [0.05, 0.1) is 13.2 Å². The van der Waals surface area contributed by atoms with Gasteiger partial charge in [0.25, 0.3) is 5.91 Å². The molecule has 1 amide bonds. The van der Waals surface area contributed by atoms with Gasteiger partial charge in [-0.3, -0.25) is 4.79 Å². The van der Waals surface area contributed by atoms with Crippen molar-refractivity contribution in [3.63, 3.8) is 0 Å². The zero-order valence-corrected chi connectivity index (χ0v) is 13.7. The van der Waals surface area contributed by atoms with Crippen LogP contribution in [-0.2, 0) is 4.74 Å². The molecule has 2 aromatic rings. The highest BCUT2D eigenvalue weighted by atomic mass is 35.5. The van der Waals surface area contributed by atoms with Crippen LogP contribution in [-0.4, -0.2) is 26.0 Å². The van der Waals surface area contributed by atoms with Gasteiger partial charge in [0.1, 0.15) is 5.56 Å². The molecule has 0 atom stereocenters. The minimum atomic E-state index is -0.685. The average Bonchev–Trinajstić information content (AvgIpc) is 3.03. The number of hydrogen-bond acceptors (Lipinski definition) is 5. The SMILES string of the molecule is CNC(=O)c1cc(C(=O)OC)c(C(=CC#N)c2cccc(Cl)c2)o1. The van der Waals surface area contributed by atoms with Crippen LogP contribution < -0.4 is 5.32 Å². The summed E-state index contributed by atoms with van der Waals surface area (Å²) in [6.45, 7) is 0. The highest BCUT2D eigenvalue weighted by Crippen LogP contribution is 2.31. The first kappa shape index (κ1) is 17.3. The molecule has 0 fully saturated rings. The number of carbonyl (C=O) groups is 2. The van der Waals surface area contributed by atoms with Crippen LogP contribution in [0.1, 0.15) is 32.2 Å². The summed E-state index contributed by atoms with van der Waals surface area (Å²) in [7, 11) is 2.65. The number of furan rings is 1. The lowest BCUT2D eigenvalue weighted by molar-refractivity contribution is 0.0599. The molecule has 1 aromatic heterocycles. The van der Waals surface area contributed by atoms with E-state index in [0.717, 1.165) is 0 Å². The molecule has 7 heteroatoms. The Morgan fingerprint density at radius 1 is 1.38 bits per heavy atom. The molecule has 0 aliphatic carbocycles. The maximum atomic E-state index is 12.0. The van der Waals surface area contributed by atoms with Crippen molar-refractivity contribution >= 4 is 29.1 Å². The molecule has 1 aromatic carbocycles. The Bertz CT molecular complexity index is 862. The van der Waals surface area contributed by atoms with E-state index in [1.54, 1.807) is 24.3 Å². The Labute approximate surface area is 143 Å². The van der Waals surface area contributed by atoms with E-state index in [1.807, 2.05) is 6.07 Å². The molecule has 1 heterocycles. The van der Waals surface area contributed by atoms with Crippen molar-refractivity contribution in [2.24, 2.45) is 0 Å². The van der Waals surface area contributed by atoms with Crippen LogP contribution in [0.5, 0.6) is 0 Å². The predicted octanol–water partition coefficient (Wildman–Crippen LogP) is 3.03. The maximum Gasteiger partial charge on any atom is 0.341 e. The Morgan fingerprint density at radius 3 is 2.71 bits per heavy atom. The van der Waals surface area contributed by atoms with Crippen molar-refractivity contribution in [1.29, 1.82) is 5.26 Å². The number of benzene rings is 1. The number of hydrogen-bond donors (Lipinski definition) is 1. The molecule has 1 N–H and O–H groups in total. The van der Waals surface area contributed by atoms with E-state index in [4.69, 9.17) is 26.0 Å². The van der Waals surface area contributed by atoms with Crippen molar-refractivity contribution in [3.05, 3.63) is 64.1 Å². The lowest BCUT2D eigenvalue weighted by atomic mass is 10.0.